The molecule has 7 nitrogen and oxygen atoms in total. The minimum atomic E-state index is -3.96. The van der Waals surface area contributed by atoms with E-state index in [1.54, 1.807) is 24.3 Å². The molecule has 0 aliphatic carbocycles. The van der Waals surface area contributed by atoms with E-state index in [4.69, 9.17) is 16.3 Å². The molecule has 0 saturated heterocycles. The van der Waals surface area contributed by atoms with Gasteiger partial charge in [0.2, 0.25) is 0 Å². The Hall–Kier alpha value is -2.10. The second-order valence-electron chi connectivity index (χ2n) is 6.03. The van der Waals surface area contributed by atoms with Gasteiger partial charge in [0.25, 0.3) is 15.9 Å². The molecular formula is C18H18BrClN2O5S. The first-order valence-corrected chi connectivity index (χ1v) is 10.7. The summed E-state index contributed by atoms with van der Waals surface area (Å²) in [5.41, 5.74) is 0.200. The second kappa shape index (κ2) is 8.93. The number of halogens is 2. The summed E-state index contributed by atoms with van der Waals surface area (Å²) in [7, 11) is -0.907. The predicted octanol–water partition coefficient (Wildman–Crippen LogP) is 3.54. The summed E-state index contributed by atoms with van der Waals surface area (Å²) >= 11 is 9.30. The number of likely N-dealkylation sites (N-methyl/N-ethyl adjacent to an activating group) is 1. The van der Waals surface area contributed by atoms with Crippen LogP contribution in [0.15, 0.2) is 51.8 Å². The van der Waals surface area contributed by atoms with Crippen molar-refractivity contribution in [3.05, 3.63) is 57.5 Å². The highest BCUT2D eigenvalue weighted by atomic mass is 79.9. The molecule has 0 aromatic heterocycles. The van der Waals surface area contributed by atoms with Crippen molar-refractivity contribution in [2.45, 2.75) is 17.9 Å². The minimum Gasteiger partial charge on any atom is -0.449 e. The number of nitrogens with zero attached hydrogens (tertiary/aromatic N) is 1. The molecule has 1 N–H and O–H groups in total. The van der Waals surface area contributed by atoms with Crippen LogP contribution in [0.2, 0.25) is 5.02 Å². The standard InChI is InChI=1S/C18H18BrClN2O5S/c1-11(17(23)22(2)3)27-18(24)15-10-14(8-9-16(15)20)28(25,26)21-13-6-4-12(19)5-7-13/h4-11,21H,1-3H3. The number of carbonyl (C=O) groups is 2. The molecule has 0 saturated carbocycles. The number of ether oxygens (including phenoxy) is 1. The van der Waals surface area contributed by atoms with Gasteiger partial charge in [-0.2, -0.15) is 0 Å². The molecule has 2 aromatic carbocycles. The lowest BCUT2D eigenvalue weighted by Crippen LogP contribution is -2.35. The van der Waals surface area contributed by atoms with Crippen LogP contribution < -0.4 is 4.72 Å². The number of benzene rings is 2. The van der Waals surface area contributed by atoms with Crippen LogP contribution in [0.1, 0.15) is 17.3 Å². The van der Waals surface area contributed by atoms with E-state index in [0.717, 1.165) is 10.5 Å². The Balaban J connectivity index is 2.27. The summed E-state index contributed by atoms with van der Waals surface area (Å²) in [5, 5.41) is 0.0112. The van der Waals surface area contributed by atoms with Crippen LogP contribution in [0.5, 0.6) is 0 Å². The first-order chi connectivity index (χ1) is 13.0. The average Bonchev–Trinajstić information content (AvgIpc) is 2.62. The Bertz CT molecular complexity index is 994. The largest absolute Gasteiger partial charge is 0.449 e. The molecule has 1 atom stereocenters. The van der Waals surface area contributed by atoms with E-state index < -0.39 is 28.0 Å². The fraction of sp³-hybridized carbons (Fsp3) is 0.222. The topological polar surface area (TPSA) is 92.8 Å². The van der Waals surface area contributed by atoms with Crippen LogP contribution in [0, 0.1) is 0 Å². The Kier molecular flexibility index (Phi) is 7.08. The van der Waals surface area contributed by atoms with Crippen LogP contribution in [0.3, 0.4) is 0 Å². The average molecular weight is 490 g/mol. The van der Waals surface area contributed by atoms with Crippen LogP contribution in [0.4, 0.5) is 5.69 Å². The third-order valence-corrected chi connectivity index (χ3v) is 5.87. The van der Waals surface area contributed by atoms with E-state index in [1.165, 1.54) is 38.1 Å². The van der Waals surface area contributed by atoms with Gasteiger partial charge < -0.3 is 9.64 Å². The van der Waals surface area contributed by atoms with E-state index in [0.29, 0.717) is 5.69 Å². The van der Waals surface area contributed by atoms with Gasteiger partial charge in [0.15, 0.2) is 6.10 Å². The van der Waals surface area contributed by atoms with Gasteiger partial charge in [-0.25, -0.2) is 13.2 Å². The summed E-state index contributed by atoms with van der Waals surface area (Å²) in [6.07, 6.45) is -1.04. The molecule has 10 heteroatoms. The van der Waals surface area contributed by atoms with E-state index >= 15 is 0 Å². The number of nitrogens with one attached hydrogen (secondary N) is 1. The first kappa shape index (κ1) is 22.2. The molecule has 0 aliphatic rings. The van der Waals surface area contributed by atoms with Crippen molar-refractivity contribution < 1.29 is 22.7 Å². The van der Waals surface area contributed by atoms with Crippen molar-refractivity contribution in [3.63, 3.8) is 0 Å². The molecule has 0 radical (unpaired) electrons. The maximum atomic E-state index is 12.6. The smallest absolute Gasteiger partial charge is 0.340 e. The van der Waals surface area contributed by atoms with E-state index in [9.17, 15) is 18.0 Å². The second-order valence-corrected chi connectivity index (χ2v) is 9.04. The molecule has 28 heavy (non-hydrogen) atoms. The Morgan fingerprint density at radius 1 is 1.14 bits per heavy atom. The highest BCUT2D eigenvalue weighted by molar-refractivity contribution is 9.10. The number of hydrogen-bond donors (Lipinski definition) is 1. The van der Waals surface area contributed by atoms with Gasteiger partial charge in [0.05, 0.1) is 15.5 Å². The SMILES string of the molecule is CC(OC(=O)c1cc(S(=O)(=O)Nc2ccc(Br)cc2)ccc1Cl)C(=O)N(C)C. The predicted molar refractivity (Wildman–Crippen MR) is 110 cm³/mol. The van der Waals surface area contributed by atoms with Crippen LogP contribution in [-0.4, -0.2) is 45.4 Å². The van der Waals surface area contributed by atoms with Gasteiger partial charge in [0.1, 0.15) is 0 Å². The third-order valence-electron chi connectivity index (χ3n) is 3.64. The number of hydrogen-bond acceptors (Lipinski definition) is 5. The maximum absolute atomic E-state index is 12.6. The fourth-order valence-corrected chi connectivity index (χ4v) is 3.74. The maximum Gasteiger partial charge on any atom is 0.340 e. The van der Waals surface area contributed by atoms with E-state index in [1.807, 2.05) is 0 Å². The zero-order valence-corrected chi connectivity index (χ0v) is 18.4. The highest BCUT2D eigenvalue weighted by Crippen LogP contribution is 2.24. The lowest BCUT2D eigenvalue weighted by molar-refractivity contribution is -0.137. The molecule has 2 aromatic rings. The number of carbonyl (C=O) groups excluding carboxylic acids is 2. The summed E-state index contributed by atoms with van der Waals surface area (Å²) in [4.78, 5) is 25.3. The summed E-state index contributed by atoms with van der Waals surface area (Å²) in [6, 6.07) is 10.2. The van der Waals surface area contributed by atoms with Crippen LogP contribution in [0.25, 0.3) is 0 Å². The Labute approximate surface area is 176 Å². The minimum absolute atomic E-state index is 0.0112. The first-order valence-electron chi connectivity index (χ1n) is 8.01. The molecule has 150 valence electrons. The molecular weight excluding hydrogens is 472 g/mol. The molecule has 0 aliphatic heterocycles. The molecule has 1 amide bonds. The number of amides is 1. The molecule has 0 spiro atoms. The van der Waals surface area contributed by atoms with Crippen molar-refractivity contribution in [1.29, 1.82) is 0 Å². The van der Waals surface area contributed by atoms with Gasteiger partial charge in [0, 0.05) is 24.3 Å². The third kappa shape index (κ3) is 5.46. The van der Waals surface area contributed by atoms with Crippen LogP contribution in [-0.2, 0) is 19.6 Å². The van der Waals surface area contributed by atoms with Gasteiger partial charge in [-0.3, -0.25) is 9.52 Å². The number of sulfonamides is 1. The lowest BCUT2D eigenvalue weighted by atomic mass is 10.2. The Morgan fingerprint density at radius 2 is 1.75 bits per heavy atom. The monoisotopic (exact) mass is 488 g/mol. The van der Waals surface area contributed by atoms with E-state index in [-0.39, 0.29) is 15.5 Å². The van der Waals surface area contributed by atoms with Gasteiger partial charge >= 0.3 is 5.97 Å². The normalized spacial score (nSPS) is 12.2. The summed E-state index contributed by atoms with van der Waals surface area (Å²) in [6.45, 7) is 1.42. The van der Waals surface area contributed by atoms with Crippen molar-refractivity contribution in [2.24, 2.45) is 0 Å². The zero-order chi connectivity index (χ0) is 21.1. The Morgan fingerprint density at radius 3 is 2.32 bits per heavy atom. The molecule has 1 unspecified atom stereocenters. The van der Waals surface area contributed by atoms with Crippen LogP contribution >= 0.6 is 27.5 Å². The van der Waals surface area contributed by atoms with Gasteiger partial charge in [-0.15, -0.1) is 0 Å². The quantitative estimate of drug-likeness (QED) is 0.627. The highest BCUT2D eigenvalue weighted by Gasteiger charge is 2.24. The van der Waals surface area contributed by atoms with Crippen molar-refractivity contribution >= 4 is 55.1 Å². The zero-order valence-electron chi connectivity index (χ0n) is 15.3. The molecule has 0 heterocycles. The van der Waals surface area contributed by atoms with Crippen molar-refractivity contribution in [2.75, 3.05) is 18.8 Å². The van der Waals surface area contributed by atoms with Gasteiger partial charge in [-0.1, -0.05) is 27.5 Å². The summed E-state index contributed by atoms with van der Waals surface area (Å²) in [5.74, 6) is -1.31. The number of rotatable bonds is 6. The molecule has 2 rings (SSSR count). The van der Waals surface area contributed by atoms with Crippen molar-refractivity contribution in [1.82, 2.24) is 4.90 Å². The molecule has 0 bridgehead atoms. The fourth-order valence-electron chi connectivity index (χ4n) is 2.20. The number of anilines is 1. The van der Waals surface area contributed by atoms with E-state index in [2.05, 4.69) is 20.7 Å². The van der Waals surface area contributed by atoms with Crippen molar-refractivity contribution in [3.8, 4) is 0 Å². The van der Waals surface area contributed by atoms with Gasteiger partial charge in [-0.05, 0) is 49.4 Å². The molecule has 0 fully saturated rings. The summed E-state index contributed by atoms with van der Waals surface area (Å²) < 4.78 is 33.5. The lowest BCUT2D eigenvalue weighted by Gasteiger charge is -2.17. The number of esters is 1.